The Morgan fingerprint density at radius 1 is 1.64 bits per heavy atom. The van der Waals surface area contributed by atoms with E-state index in [2.05, 4.69) is 17.6 Å². The fourth-order valence-electron chi connectivity index (χ4n) is 1.36. The van der Waals surface area contributed by atoms with Crippen LogP contribution < -0.4 is 5.32 Å². The van der Waals surface area contributed by atoms with E-state index in [9.17, 15) is 0 Å². The molecule has 2 nitrogen and oxygen atoms in total. The van der Waals surface area contributed by atoms with Crippen molar-refractivity contribution in [1.82, 2.24) is 5.32 Å². The largest absolute Gasteiger partial charge is 0.380 e. The molecule has 0 aromatic carbocycles. The van der Waals surface area contributed by atoms with Crippen molar-refractivity contribution in [2.75, 3.05) is 6.54 Å². The van der Waals surface area contributed by atoms with Gasteiger partial charge in [-0.25, -0.2) is 0 Å². The summed E-state index contributed by atoms with van der Waals surface area (Å²) in [5, 5.41) is 11.8. The molecule has 1 saturated carbocycles. The van der Waals surface area contributed by atoms with Crippen molar-refractivity contribution in [2.24, 2.45) is 5.41 Å². The van der Waals surface area contributed by atoms with Gasteiger partial charge in [0.2, 0.25) is 0 Å². The van der Waals surface area contributed by atoms with E-state index in [0.29, 0.717) is 0 Å². The smallest absolute Gasteiger partial charge is 0.0804 e. The highest BCUT2D eigenvalue weighted by molar-refractivity contribution is 5.35. The van der Waals surface area contributed by atoms with Gasteiger partial charge >= 0.3 is 0 Å². The molecule has 1 N–H and O–H groups in total. The number of hydrogen-bond acceptors (Lipinski definition) is 2. The van der Waals surface area contributed by atoms with Crippen molar-refractivity contribution in [3.63, 3.8) is 0 Å². The van der Waals surface area contributed by atoms with Gasteiger partial charge in [-0.05, 0) is 24.5 Å². The van der Waals surface area contributed by atoms with Gasteiger partial charge in [0.15, 0.2) is 0 Å². The summed E-state index contributed by atoms with van der Waals surface area (Å²) < 4.78 is 0. The first kappa shape index (κ1) is 6.48. The molecule has 0 aromatic heterocycles. The quantitative estimate of drug-likeness (QED) is 0.600. The number of rotatable bonds is 1. The molecule has 0 aromatic rings. The third-order valence-corrected chi connectivity index (χ3v) is 2.33. The second kappa shape index (κ2) is 2.13. The first-order valence-corrected chi connectivity index (χ1v) is 3.80. The molecule has 1 aliphatic carbocycles. The molecular formula is C9H9N2. The monoisotopic (exact) mass is 145 g/mol. The fraction of sp³-hybridized carbons (Fsp3) is 0.444. The van der Waals surface area contributed by atoms with E-state index >= 15 is 0 Å². The summed E-state index contributed by atoms with van der Waals surface area (Å²) in [5.41, 5.74) is 1.12. The molecule has 1 radical (unpaired) electrons. The minimum absolute atomic E-state index is 0.106. The summed E-state index contributed by atoms with van der Waals surface area (Å²) in [6.45, 7) is 0.796. The minimum atomic E-state index is -0.106. The maximum atomic E-state index is 8.86. The predicted octanol–water partition coefficient (Wildman–Crippen LogP) is 1.14. The predicted molar refractivity (Wildman–Crippen MR) is 41.2 cm³/mol. The standard InChI is InChI=1S/C9H9N2/c10-7-9(3-4-9)8-2-1-5-11-6-8/h1-2,11H,3-4,6H2. The van der Waals surface area contributed by atoms with Crippen LogP contribution in [0.2, 0.25) is 0 Å². The Kier molecular flexibility index (Phi) is 1.25. The summed E-state index contributed by atoms with van der Waals surface area (Å²) in [4.78, 5) is 0. The van der Waals surface area contributed by atoms with E-state index in [1.807, 2.05) is 12.2 Å². The van der Waals surface area contributed by atoms with Crippen molar-refractivity contribution in [2.45, 2.75) is 12.8 Å². The SMILES string of the molecule is N#CC1(C2=CC=[C]NC2)CC1. The number of nitrogens with zero attached hydrogens (tertiary/aromatic N) is 1. The van der Waals surface area contributed by atoms with Crippen molar-refractivity contribution >= 4 is 0 Å². The summed E-state index contributed by atoms with van der Waals surface area (Å²) >= 11 is 0. The summed E-state index contributed by atoms with van der Waals surface area (Å²) in [5.74, 6) is 0. The normalized spacial score (nSPS) is 24.8. The van der Waals surface area contributed by atoms with Crippen molar-refractivity contribution in [3.05, 3.63) is 23.9 Å². The van der Waals surface area contributed by atoms with Crippen LogP contribution in [0, 0.1) is 22.9 Å². The van der Waals surface area contributed by atoms with Gasteiger partial charge < -0.3 is 5.32 Å². The van der Waals surface area contributed by atoms with Crippen LogP contribution in [0.3, 0.4) is 0 Å². The molecule has 11 heavy (non-hydrogen) atoms. The molecule has 1 aliphatic heterocycles. The van der Waals surface area contributed by atoms with E-state index in [1.165, 1.54) is 5.57 Å². The molecule has 2 heteroatoms. The van der Waals surface area contributed by atoms with Crippen molar-refractivity contribution in [3.8, 4) is 6.07 Å². The number of hydrogen-bond donors (Lipinski definition) is 1. The van der Waals surface area contributed by atoms with Crippen LogP contribution in [0.25, 0.3) is 0 Å². The summed E-state index contributed by atoms with van der Waals surface area (Å²) in [7, 11) is 0. The van der Waals surface area contributed by atoms with Gasteiger partial charge in [0.25, 0.3) is 0 Å². The number of allylic oxidation sites excluding steroid dienone is 2. The van der Waals surface area contributed by atoms with Gasteiger partial charge in [0.1, 0.15) is 0 Å². The Morgan fingerprint density at radius 3 is 2.91 bits per heavy atom. The number of dihydropyridines is 1. The Balaban J connectivity index is 2.22. The molecule has 0 atom stereocenters. The average Bonchev–Trinajstić information content (AvgIpc) is 2.86. The summed E-state index contributed by atoms with van der Waals surface area (Å²) in [6, 6.07) is 2.37. The lowest BCUT2D eigenvalue weighted by Gasteiger charge is -2.13. The van der Waals surface area contributed by atoms with Gasteiger partial charge in [0.05, 0.1) is 17.7 Å². The zero-order chi connectivity index (χ0) is 7.73. The lowest BCUT2D eigenvalue weighted by molar-refractivity contribution is 0.724. The summed E-state index contributed by atoms with van der Waals surface area (Å²) in [6.07, 6.45) is 8.79. The van der Waals surface area contributed by atoms with Crippen LogP contribution in [0.5, 0.6) is 0 Å². The first-order chi connectivity index (χ1) is 5.37. The highest BCUT2D eigenvalue weighted by Crippen LogP contribution is 2.51. The maximum Gasteiger partial charge on any atom is 0.0804 e. The molecule has 55 valence electrons. The molecule has 2 rings (SSSR count). The van der Waals surface area contributed by atoms with E-state index in [1.54, 1.807) is 0 Å². The highest BCUT2D eigenvalue weighted by atomic mass is 14.8. The van der Waals surface area contributed by atoms with Crippen LogP contribution in [-0.4, -0.2) is 6.54 Å². The Hall–Kier alpha value is -1.23. The molecule has 1 fully saturated rings. The third-order valence-electron chi connectivity index (χ3n) is 2.33. The zero-order valence-electron chi connectivity index (χ0n) is 6.22. The number of nitriles is 1. The Morgan fingerprint density at radius 2 is 2.45 bits per heavy atom. The van der Waals surface area contributed by atoms with Gasteiger partial charge in [-0.15, -0.1) is 0 Å². The second-order valence-electron chi connectivity index (χ2n) is 3.05. The van der Waals surface area contributed by atoms with E-state index in [-0.39, 0.29) is 5.41 Å². The van der Waals surface area contributed by atoms with Crippen molar-refractivity contribution < 1.29 is 0 Å². The van der Waals surface area contributed by atoms with Crippen LogP contribution in [0.15, 0.2) is 17.7 Å². The second-order valence-corrected chi connectivity index (χ2v) is 3.05. The molecule has 0 unspecified atom stereocenters. The molecule has 0 bridgehead atoms. The van der Waals surface area contributed by atoms with Crippen LogP contribution in [0.4, 0.5) is 0 Å². The average molecular weight is 145 g/mol. The van der Waals surface area contributed by atoms with Crippen LogP contribution >= 0.6 is 0 Å². The molecular weight excluding hydrogens is 136 g/mol. The van der Waals surface area contributed by atoms with E-state index in [4.69, 9.17) is 5.26 Å². The molecule has 2 aliphatic rings. The Bertz CT molecular complexity index is 264. The van der Waals surface area contributed by atoms with Gasteiger partial charge in [-0.1, -0.05) is 6.08 Å². The van der Waals surface area contributed by atoms with Gasteiger partial charge in [-0.3, -0.25) is 0 Å². The molecule has 0 amide bonds. The van der Waals surface area contributed by atoms with Gasteiger partial charge in [0, 0.05) is 6.54 Å². The maximum absolute atomic E-state index is 8.86. The van der Waals surface area contributed by atoms with E-state index in [0.717, 1.165) is 19.4 Å². The fourth-order valence-corrected chi connectivity index (χ4v) is 1.36. The van der Waals surface area contributed by atoms with Gasteiger partial charge in [-0.2, -0.15) is 5.26 Å². The zero-order valence-corrected chi connectivity index (χ0v) is 6.22. The minimum Gasteiger partial charge on any atom is -0.380 e. The lowest BCUT2D eigenvalue weighted by Crippen LogP contribution is -2.19. The first-order valence-electron chi connectivity index (χ1n) is 3.80. The van der Waals surface area contributed by atoms with E-state index < -0.39 is 0 Å². The lowest BCUT2D eigenvalue weighted by atomic mass is 9.96. The molecule has 0 spiro atoms. The van der Waals surface area contributed by atoms with Crippen molar-refractivity contribution in [1.29, 1.82) is 5.26 Å². The highest BCUT2D eigenvalue weighted by Gasteiger charge is 2.46. The molecule has 1 heterocycles. The third kappa shape index (κ3) is 0.932. The topological polar surface area (TPSA) is 35.8 Å². The van der Waals surface area contributed by atoms with Crippen LogP contribution in [0.1, 0.15) is 12.8 Å². The number of nitrogens with one attached hydrogen (secondary N) is 1. The van der Waals surface area contributed by atoms with Crippen LogP contribution in [-0.2, 0) is 0 Å². The Labute approximate surface area is 66.2 Å². The molecule has 0 saturated heterocycles.